The predicted molar refractivity (Wildman–Crippen MR) is 96.3 cm³/mol. The molecular weight excluding hydrogens is 302 g/mol. The van der Waals surface area contributed by atoms with E-state index in [0.717, 1.165) is 37.7 Å². The molecule has 1 aromatic carbocycles. The summed E-state index contributed by atoms with van der Waals surface area (Å²) in [7, 11) is 1.51. The normalized spacial score (nSPS) is 21.4. The first-order valence-electron chi connectivity index (χ1n) is 8.87. The van der Waals surface area contributed by atoms with Crippen LogP contribution in [0.2, 0.25) is 0 Å². The Balaban J connectivity index is 1.84. The third-order valence-electron chi connectivity index (χ3n) is 5.00. The lowest BCUT2D eigenvalue weighted by molar-refractivity contribution is -0.121. The van der Waals surface area contributed by atoms with Crippen LogP contribution in [0.3, 0.4) is 0 Å². The number of carbonyl (C=O) groups excluding carboxylic acids is 1. The van der Waals surface area contributed by atoms with Gasteiger partial charge in [0.1, 0.15) is 0 Å². The van der Waals surface area contributed by atoms with Crippen LogP contribution in [0, 0.1) is 5.92 Å². The molecule has 1 amide bonds. The minimum atomic E-state index is 0.0351. The molecule has 4 heteroatoms. The van der Waals surface area contributed by atoms with Crippen molar-refractivity contribution in [3.8, 4) is 11.5 Å². The molecule has 0 bridgehead atoms. The van der Waals surface area contributed by atoms with E-state index in [-0.39, 0.29) is 17.7 Å². The Bertz CT molecular complexity index is 587. The van der Waals surface area contributed by atoms with Crippen molar-refractivity contribution in [3.05, 3.63) is 35.4 Å². The second-order valence-electron chi connectivity index (χ2n) is 6.52. The molecule has 1 aliphatic rings. The second-order valence-corrected chi connectivity index (χ2v) is 6.52. The van der Waals surface area contributed by atoms with Crippen LogP contribution in [0.25, 0.3) is 0 Å². The van der Waals surface area contributed by atoms with Gasteiger partial charge in [0.05, 0.1) is 13.5 Å². The lowest BCUT2D eigenvalue weighted by Crippen LogP contribution is -2.38. The molecule has 1 aromatic rings. The minimum Gasteiger partial charge on any atom is -0.504 e. The molecule has 4 nitrogen and oxygen atoms in total. The average Bonchev–Trinajstić information content (AvgIpc) is 2.59. The number of hydrogen-bond acceptors (Lipinski definition) is 3. The van der Waals surface area contributed by atoms with Crippen LogP contribution in [0.1, 0.15) is 51.5 Å². The van der Waals surface area contributed by atoms with E-state index in [9.17, 15) is 9.90 Å². The third-order valence-corrected chi connectivity index (χ3v) is 5.00. The zero-order valence-electron chi connectivity index (χ0n) is 15.0. The van der Waals surface area contributed by atoms with Gasteiger partial charge in [-0.25, -0.2) is 0 Å². The molecule has 0 unspecified atom stereocenters. The zero-order chi connectivity index (χ0) is 17.5. The molecule has 0 aliphatic heterocycles. The summed E-state index contributed by atoms with van der Waals surface area (Å²) in [6.45, 7) is 4.34. The number of amides is 1. The van der Waals surface area contributed by atoms with Gasteiger partial charge in [-0.1, -0.05) is 24.6 Å². The predicted octanol–water partition coefficient (Wildman–Crippen LogP) is 3.97. The van der Waals surface area contributed by atoms with Gasteiger partial charge in [-0.2, -0.15) is 0 Å². The summed E-state index contributed by atoms with van der Waals surface area (Å²) in [6.07, 6.45) is 8.10. The largest absolute Gasteiger partial charge is 0.504 e. The smallest absolute Gasteiger partial charge is 0.224 e. The van der Waals surface area contributed by atoms with E-state index in [0.29, 0.717) is 18.1 Å². The van der Waals surface area contributed by atoms with Crippen LogP contribution >= 0.6 is 0 Å². The lowest BCUT2D eigenvalue weighted by Gasteiger charge is -2.30. The minimum absolute atomic E-state index is 0.0351. The highest BCUT2D eigenvalue weighted by Crippen LogP contribution is 2.31. The monoisotopic (exact) mass is 331 g/mol. The van der Waals surface area contributed by atoms with Crippen molar-refractivity contribution in [1.29, 1.82) is 0 Å². The van der Waals surface area contributed by atoms with E-state index in [1.807, 2.05) is 0 Å². The number of aromatic hydroxyl groups is 1. The van der Waals surface area contributed by atoms with E-state index in [1.165, 1.54) is 7.11 Å². The van der Waals surface area contributed by atoms with Gasteiger partial charge < -0.3 is 15.2 Å². The number of nitrogens with one attached hydrogen (secondary N) is 1. The highest BCUT2D eigenvalue weighted by atomic mass is 16.5. The molecule has 1 saturated carbocycles. The fraction of sp³-hybridized carbons (Fsp3) is 0.550. The Kier molecular flexibility index (Phi) is 6.71. The van der Waals surface area contributed by atoms with E-state index in [4.69, 9.17) is 4.74 Å². The summed E-state index contributed by atoms with van der Waals surface area (Å²) >= 11 is 0. The fourth-order valence-electron chi connectivity index (χ4n) is 3.63. The molecule has 1 fully saturated rings. The molecule has 0 heterocycles. The van der Waals surface area contributed by atoms with Gasteiger partial charge in [0.15, 0.2) is 11.5 Å². The first-order chi connectivity index (χ1) is 11.6. The molecule has 2 rings (SSSR count). The van der Waals surface area contributed by atoms with Gasteiger partial charge in [-0.05, 0) is 62.6 Å². The molecule has 24 heavy (non-hydrogen) atoms. The van der Waals surface area contributed by atoms with Crippen molar-refractivity contribution < 1.29 is 14.6 Å². The Hall–Kier alpha value is -1.97. The summed E-state index contributed by atoms with van der Waals surface area (Å²) in [5.41, 5.74) is 2.40. The summed E-state index contributed by atoms with van der Waals surface area (Å²) in [5.74, 6) is 1.22. The van der Waals surface area contributed by atoms with Crippen molar-refractivity contribution in [3.63, 3.8) is 0 Å². The third kappa shape index (κ3) is 4.76. The number of phenols is 1. The Morgan fingerprint density at radius 1 is 1.33 bits per heavy atom. The molecule has 132 valence electrons. The SMILES string of the molecule is CC=C(CC)[C@H]1CC[C@@H](NC(=O)Cc2ccc(O)c(OC)c2)CC1. The number of benzene rings is 1. The van der Waals surface area contributed by atoms with Gasteiger partial charge >= 0.3 is 0 Å². The maximum Gasteiger partial charge on any atom is 0.224 e. The van der Waals surface area contributed by atoms with E-state index in [2.05, 4.69) is 25.2 Å². The van der Waals surface area contributed by atoms with Crippen LogP contribution < -0.4 is 10.1 Å². The fourth-order valence-corrected chi connectivity index (χ4v) is 3.63. The number of phenolic OH excluding ortho intramolecular Hbond substituents is 1. The average molecular weight is 331 g/mol. The van der Waals surface area contributed by atoms with Crippen molar-refractivity contribution in [2.45, 2.75) is 58.4 Å². The first kappa shape index (κ1) is 18.4. The number of rotatable bonds is 6. The summed E-state index contributed by atoms with van der Waals surface area (Å²) in [6, 6.07) is 5.32. The molecular formula is C20H29NO3. The molecule has 0 atom stereocenters. The summed E-state index contributed by atoms with van der Waals surface area (Å²) in [5, 5.41) is 12.8. The molecule has 0 aromatic heterocycles. The first-order valence-corrected chi connectivity index (χ1v) is 8.87. The van der Waals surface area contributed by atoms with Gasteiger partial charge in [0.2, 0.25) is 5.91 Å². The van der Waals surface area contributed by atoms with Crippen LogP contribution in [-0.4, -0.2) is 24.2 Å². The highest BCUT2D eigenvalue weighted by Gasteiger charge is 2.23. The van der Waals surface area contributed by atoms with Crippen LogP contribution in [-0.2, 0) is 11.2 Å². The maximum absolute atomic E-state index is 12.3. The van der Waals surface area contributed by atoms with Crippen LogP contribution in [0.5, 0.6) is 11.5 Å². The van der Waals surface area contributed by atoms with Crippen molar-refractivity contribution in [1.82, 2.24) is 5.32 Å². The molecule has 0 saturated heterocycles. The Labute approximate surface area is 144 Å². The van der Waals surface area contributed by atoms with Crippen molar-refractivity contribution in [2.75, 3.05) is 7.11 Å². The van der Waals surface area contributed by atoms with Gasteiger partial charge in [-0.3, -0.25) is 4.79 Å². The van der Waals surface area contributed by atoms with Gasteiger partial charge in [0, 0.05) is 6.04 Å². The standard InChI is InChI=1S/C20H29NO3/c1-4-15(5-2)16-7-9-17(10-8-16)21-20(23)13-14-6-11-18(22)19(12-14)24-3/h4,6,11-12,16-17,22H,5,7-10,13H2,1-3H3,(H,21,23)/t16-,17+. The van der Waals surface area contributed by atoms with Crippen molar-refractivity contribution >= 4 is 5.91 Å². The Morgan fingerprint density at radius 3 is 2.62 bits per heavy atom. The summed E-state index contributed by atoms with van der Waals surface area (Å²) < 4.78 is 5.09. The topological polar surface area (TPSA) is 58.6 Å². The molecule has 0 spiro atoms. The van der Waals surface area contributed by atoms with Crippen molar-refractivity contribution in [2.24, 2.45) is 5.92 Å². The number of carbonyl (C=O) groups is 1. The lowest BCUT2D eigenvalue weighted by atomic mass is 9.80. The highest BCUT2D eigenvalue weighted by molar-refractivity contribution is 5.79. The summed E-state index contributed by atoms with van der Waals surface area (Å²) in [4.78, 5) is 12.3. The Morgan fingerprint density at radius 2 is 2.04 bits per heavy atom. The van der Waals surface area contributed by atoms with E-state index >= 15 is 0 Å². The quantitative estimate of drug-likeness (QED) is 0.775. The molecule has 1 aliphatic carbocycles. The van der Waals surface area contributed by atoms with Gasteiger partial charge in [-0.15, -0.1) is 0 Å². The number of hydrogen-bond donors (Lipinski definition) is 2. The van der Waals surface area contributed by atoms with Gasteiger partial charge in [0.25, 0.3) is 0 Å². The van der Waals surface area contributed by atoms with E-state index in [1.54, 1.807) is 23.8 Å². The number of methoxy groups -OCH3 is 1. The number of ether oxygens (including phenoxy) is 1. The van der Waals surface area contributed by atoms with E-state index < -0.39 is 0 Å². The number of allylic oxidation sites excluding steroid dienone is 2. The molecule has 0 radical (unpaired) electrons. The second kappa shape index (κ2) is 8.76. The maximum atomic E-state index is 12.3. The zero-order valence-corrected chi connectivity index (χ0v) is 15.0. The van der Waals surface area contributed by atoms with Crippen LogP contribution in [0.4, 0.5) is 0 Å². The van der Waals surface area contributed by atoms with Crippen LogP contribution in [0.15, 0.2) is 29.8 Å². The molecule has 2 N–H and O–H groups in total.